The third-order valence-electron chi connectivity index (χ3n) is 2.69. The molecule has 0 spiro atoms. The SMILES string of the molecule is C#CCCCC(CCc1ccco1)NCC. The zero-order valence-electron chi connectivity index (χ0n) is 10.0. The normalized spacial score (nSPS) is 12.2. The van der Waals surface area contributed by atoms with Crippen molar-refractivity contribution < 1.29 is 4.42 Å². The molecule has 0 amide bonds. The third-order valence-corrected chi connectivity index (χ3v) is 2.69. The van der Waals surface area contributed by atoms with E-state index in [4.69, 9.17) is 10.8 Å². The highest BCUT2D eigenvalue weighted by molar-refractivity contribution is 4.98. The molecule has 1 atom stereocenters. The van der Waals surface area contributed by atoms with Gasteiger partial charge in [-0.25, -0.2) is 0 Å². The summed E-state index contributed by atoms with van der Waals surface area (Å²) in [5.74, 6) is 3.76. The molecule has 0 bridgehead atoms. The second-order valence-corrected chi connectivity index (χ2v) is 3.97. The predicted octanol–water partition coefficient (Wildman–Crippen LogP) is 2.99. The van der Waals surface area contributed by atoms with E-state index in [0.29, 0.717) is 6.04 Å². The van der Waals surface area contributed by atoms with Crippen LogP contribution in [-0.2, 0) is 6.42 Å². The van der Waals surface area contributed by atoms with Gasteiger partial charge in [0, 0.05) is 18.9 Å². The molecule has 1 aromatic heterocycles. The fourth-order valence-electron chi connectivity index (χ4n) is 1.86. The van der Waals surface area contributed by atoms with Gasteiger partial charge in [0.05, 0.1) is 6.26 Å². The predicted molar refractivity (Wildman–Crippen MR) is 67.2 cm³/mol. The van der Waals surface area contributed by atoms with E-state index in [2.05, 4.69) is 18.2 Å². The van der Waals surface area contributed by atoms with E-state index >= 15 is 0 Å². The van der Waals surface area contributed by atoms with Crippen LogP contribution in [-0.4, -0.2) is 12.6 Å². The Labute approximate surface area is 98.4 Å². The fraction of sp³-hybridized carbons (Fsp3) is 0.571. The molecule has 1 N–H and O–H groups in total. The van der Waals surface area contributed by atoms with Gasteiger partial charge >= 0.3 is 0 Å². The number of hydrogen-bond acceptors (Lipinski definition) is 2. The van der Waals surface area contributed by atoms with Crippen LogP contribution < -0.4 is 5.32 Å². The minimum absolute atomic E-state index is 0.559. The molecule has 0 aliphatic heterocycles. The summed E-state index contributed by atoms with van der Waals surface area (Å²) < 4.78 is 5.33. The Morgan fingerprint density at radius 1 is 1.50 bits per heavy atom. The standard InChI is InChI=1S/C14H21NO/c1-3-5-6-8-13(15-4-2)10-11-14-9-7-12-16-14/h1,7,9,12-13,15H,4-6,8,10-11H2,2H3. The average molecular weight is 219 g/mol. The maximum Gasteiger partial charge on any atom is 0.103 e. The minimum Gasteiger partial charge on any atom is -0.469 e. The molecule has 16 heavy (non-hydrogen) atoms. The first-order valence-electron chi connectivity index (χ1n) is 6.06. The second-order valence-electron chi connectivity index (χ2n) is 3.97. The van der Waals surface area contributed by atoms with Crippen LogP contribution in [0.2, 0.25) is 0 Å². The van der Waals surface area contributed by atoms with Crippen LogP contribution in [0, 0.1) is 12.3 Å². The summed E-state index contributed by atoms with van der Waals surface area (Å²) in [6.07, 6.45) is 12.2. The van der Waals surface area contributed by atoms with Gasteiger partial charge in [0.15, 0.2) is 0 Å². The van der Waals surface area contributed by atoms with Gasteiger partial charge in [0.1, 0.15) is 5.76 Å². The Morgan fingerprint density at radius 3 is 3.00 bits per heavy atom. The van der Waals surface area contributed by atoms with E-state index in [0.717, 1.165) is 44.4 Å². The Kier molecular flexibility index (Phi) is 6.44. The largest absolute Gasteiger partial charge is 0.469 e. The van der Waals surface area contributed by atoms with E-state index in [9.17, 15) is 0 Å². The smallest absolute Gasteiger partial charge is 0.103 e. The van der Waals surface area contributed by atoms with Crippen LogP contribution in [0.4, 0.5) is 0 Å². The molecule has 0 aliphatic rings. The van der Waals surface area contributed by atoms with Crippen LogP contribution in [0.15, 0.2) is 22.8 Å². The molecule has 0 saturated carbocycles. The average Bonchev–Trinajstić information content (AvgIpc) is 2.79. The maximum atomic E-state index is 5.33. The van der Waals surface area contributed by atoms with Crippen molar-refractivity contribution in [3.8, 4) is 12.3 Å². The van der Waals surface area contributed by atoms with Crippen LogP contribution in [0.25, 0.3) is 0 Å². The van der Waals surface area contributed by atoms with Crippen molar-refractivity contribution in [2.24, 2.45) is 0 Å². The molecular weight excluding hydrogens is 198 g/mol. The Morgan fingerprint density at radius 2 is 2.38 bits per heavy atom. The summed E-state index contributed by atoms with van der Waals surface area (Å²) in [6.45, 7) is 3.15. The first-order valence-corrected chi connectivity index (χ1v) is 6.06. The van der Waals surface area contributed by atoms with E-state index in [1.54, 1.807) is 6.26 Å². The maximum absolute atomic E-state index is 5.33. The zero-order chi connectivity index (χ0) is 11.6. The number of furan rings is 1. The highest BCUT2D eigenvalue weighted by Crippen LogP contribution is 2.10. The quantitative estimate of drug-likeness (QED) is 0.537. The Balaban J connectivity index is 2.24. The highest BCUT2D eigenvalue weighted by atomic mass is 16.3. The van der Waals surface area contributed by atoms with Gasteiger partial charge in [0.25, 0.3) is 0 Å². The summed E-state index contributed by atoms with van der Waals surface area (Å²) in [5.41, 5.74) is 0. The number of terminal acetylenes is 1. The van der Waals surface area contributed by atoms with Crippen LogP contribution in [0.5, 0.6) is 0 Å². The number of hydrogen-bond donors (Lipinski definition) is 1. The van der Waals surface area contributed by atoms with E-state index in [1.165, 1.54) is 0 Å². The van der Waals surface area contributed by atoms with Crippen LogP contribution in [0.1, 0.15) is 38.4 Å². The molecule has 2 heteroatoms. The van der Waals surface area contributed by atoms with Gasteiger partial charge in [-0.1, -0.05) is 6.92 Å². The van der Waals surface area contributed by atoms with Gasteiger partial charge in [0.2, 0.25) is 0 Å². The lowest BCUT2D eigenvalue weighted by Crippen LogP contribution is -2.29. The first kappa shape index (κ1) is 12.9. The van der Waals surface area contributed by atoms with Crippen molar-refractivity contribution >= 4 is 0 Å². The lowest BCUT2D eigenvalue weighted by Gasteiger charge is -2.16. The third kappa shape index (κ3) is 5.04. The van der Waals surface area contributed by atoms with Gasteiger partial charge in [-0.05, 0) is 37.9 Å². The molecule has 88 valence electrons. The Hall–Kier alpha value is -1.20. The molecule has 1 heterocycles. The molecule has 0 fully saturated rings. The lowest BCUT2D eigenvalue weighted by molar-refractivity contribution is 0.426. The number of unbranched alkanes of at least 4 members (excludes halogenated alkanes) is 1. The van der Waals surface area contributed by atoms with Crippen molar-refractivity contribution in [3.05, 3.63) is 24.2 Å². The second kappa shape index (κ2) is 8.01. The van der Waals surface area contributed by atoms with Gasteiger partial charge in [-0.2, -0.15) is 0 Å². The van der Waals surface area contributed by atoms with E-state index < -0.39 is 0 Å². The summed E-state index contributed by atoms with van der Waals surface area (Å²) in [7, 11) is 0. The molecule has 0 saturated heterocycles. The van der Waals surface area contributed by atoms with Crippen molar-refractivity contribution in [1.82, 2.24) is 5.32 Å². The Bertz CT molecular complexity index is 297. The molecular formula is C14H21NO. The van der Waals surface area contributed by atoms with E-state index in [1.807, 2.05) is 12.1 Å². The van der Waals surface area contributed by atoms with E-state index in [-0.39, 0.29) is 0 Å². The zero-order valence-corrected chi connectivity index (χ0v) is 10.0. The first-order chi connectivity index (χ1) is 7.86. The number of aryl methyl sites for hydroxylation is 1. The van der Waals surface area contributed by atoms with Crippen LogP contribution in [0.3, 0.4) is 0 Å². The van der Waals surface area contributed by atoms with Gasteiger partial charge in [-0.3, -0.25) is 0 Å². The topological polar surface area (TPSA) is 25.2 Å². The molecule has 1 aromatic rings. The van der Waals surface area contributed by atoms with Crippen molar-refractivity contribution in [2.75, 3.05) is 6.54 Å². The molecule has 0 aliphatic carbocycles. The molecule has 0 aromatic carbocycles. The number of nitrogens with one attached hydrogen (secondary N) is 1. The molecule has 1 rings (SSSR count). The minimum atomic E-state index is 0.559. The molecule has 0 radical (unpaired) electrons. The summed E-state index contributed by atoms with van der Waals surface area (Å²) >= 11 is 0. The summed E-state index contributed by atoms with van der Waals surface area (Å²) in [4.78, 5) is 0. The molecule has 1 unspecified atom stereocenters. The summed E-state index contributed by atoms with van der Waals surface area (Å²) in [6, 6.07) is 4.53. The van der Waals surface area contributed by atoms with Crippen molar-refractivity contribution in [1.29, 1.82) is 0 Å². The fourth-order valence-corrected chi connectivity index (χ4v) is 1.86. The van der Waals surface area contributed by atoms with Gasteiger partial charge in [-0.15, -0.1) is 12.3 Å². The van der Waals surface area contributed by atoms with Crippen molar-refractivity contribution in [3.63, 3.8) is 0 Å². The van der Waals surface area contributed by atoms with Gasteiger partial charge < -0.3 is 9.73 Å². The van der Waals surface area contributed by atoms with Crippen LogP contribution >= 0.6 is 0 Å². The lowest BCUT2D eigenvalue weighted by atomic mass is 10.0. The molecule has 2 nitrogen and oxygen atoms in total. The number of rotatable bonds is 8. The highest BCUT2D eigenvalue weighted by Gasteiger charge is 2.07. The summed E-state index contributed by atoms with van der Waals surface area (Å²) in [5, 5.41) is 3.49. The van der Waals surface area contributed by atoms with Crippen molar-refractivity contribution in [2.45, 2.75) is 45.1 Å². The monoisotopic (exact) mass is 219 g/mol.